The fourth-order valence-electron chi connectivity index (χ4n) is 2.35. The highest BCUT2D eigenvalue weighted by Crippen LogP contribution is 2.22. The maximum Gasteiger partial charge on any atom is 0.138 e. The predicted molar refractivity (Wildman–Crippen MR) is 74.0 cm³/mol. The van der Waals surface area contributed by atoms with E-state index < -0.39 is 0 Å². The van der Waals surface area contributed by atoms with Gasteiger partial charge in [-0.15, -0.1) is 0 Å². The zero-order valence-corrected chi connectivity index (χ0v) is 11.3. The molecule has 0 bridgehead atoms. The number of aromatic nitrogens is 3. The first-order valence-electron chi connectivity index (χ1n) is 6.20. The van der Waals surface area contributed by atoms with Gasteiger partial charge in [0.1, 0.15) is 11.6 Å². The highest BCUT2D eigenvalue weighted by Gasteiger charge is 2.13. The van der Waals surface area contributed by atoms with Crippen molar-refractivity contribution < 1.29 is 4.52 Å². The van der Waals surface area contributed by atoms with Crippen LogP contribution in [0.25, 0.3) is 11.0 Å². The summed E-state index contributed by atoms with van der Waals surface area (Å²) in [6, 6.07) is 5.79. The SMILES string of the molecule is Cc1noc(C)c1Cn1c(C)nc2cc(N)ccc21. The largest absolute Gasteiger partial charge is 0.399 e. The second-order valence-electron chi connectivity index (χ2n) is 4.80. The maximum absolute atomic E-state index is 5.79. The van der Waals surface area contributed by atoms with Crippen LogP contribution < -0.4 is 5.73 Å². The summed E-state index contributed by atoms with van der Waals surface area (Å²) in [5.74, 6) is 1.81. The summed E-state index contributed by atoms with van der Waals surface area (Å²) in [5.41, 5.74) is 10.6. The molecular formula is C14H16N4O. The lowest BCUT2D eigenvalue weighted by Crippen LogP contribution is -2.03. The quantitative estimate of drug-likeness (QED) is 0.715. The maximum atomic E-state index is 5.79. The predicted octanol–water partition coefficient (Wildman–Crippen LogP) is 2.58. The smallest absolute Gasteiger partial charge is 0.138 e. The fourth-order valence-corrected chi connectivity index (χ4v) is 2.35. The number of hydrogen-bond donors (Lipinski definition) is 1. The van der Waals surface area contributed by atoms with Crippen LogP contribution in [0.15, 0.2) is 22.7 Å². The minimum absolute atomic E-state index is 0.716. The number of aryl methyl sites for hydroxylation is 3. The summed E-state index contributed by atoms with van der Waals surface area (Å²) in [6.45, 7) is 6.60. The van der Waals surface area contributed by atoms with Crippen LogP contribution in [0.5, 0.6) is 0 Å². The highest BCUT2D eigenvalue weighted by atomic mass is 16.5. The summed E-state index contributed by atoms with van der Waals surface area (Å²) >= 11 is 0. The molecule has 0 atom stereocenters. The number of anilines is 1. The fraction of sp³-hybridized carbons (Fsp3) is 0.286. The average molecular weight is 256 g/mol. The molecule has 0 aliphatic carbocycles. The summed E-state index contributed by atoms with van der Waals surface area (Å²) in [4.78, 5) is 4.55. The Labute approximate surface area is 111 Å². The second-order valence-corrected chi connectivity index (χ2v) is 4.80. The van der Waals surface area contributed by atoms with Crippen LogP contribution in [-0.4, -0.2) is 14.7 Å². The second kappa shape index (κ2) is 4.12. The number of rotatable bonds is 2. The Balaban J connectivity index is 2.13. The lowest BCUT2D eigenvalue weighted by Gasteiger charge is -2.06. The molecule has 0 saturated heterocycles. The van der Waals surface area contributed by atoms with Crippen LogP contribution in [0.2, 0.25) is 0 Å². The molecule has 0 aliphatic heterocycles. The van der Waals surface area contributed by atoms with Gasteiger partial charge in [0.2, 0.25) is 0 Å². The van der Waals surface area contributed by atoms with Crippen LogP contribution in [0, 0.1) is 20.8 Å². The van der Waals surface area contributed by atoms with E-state index in [-0.39, 0.29) is 0 Å². The first-order chi connectivity index (χ1) is 9.06. The molecule has 2 heterocycles. The third kappa shape index (κ3) is 1.87. The van der Waals surface area contributed by atoms with Crippen LogP contribution in [-0.2, 0) is 6.54 Å². The van der Waals surface area contributed by atoms with Gasteiger partial charge >= 0.3 is 0 Å². The van der Waals surface area contributed by atoms with Crippen LogP contribution in [0.1, 0.15) is 22.8 Å². The molecule has 98 valence electrons. The standard InChI is InChI=1S/C14H16N4O/c1-8-12(9(2)19-17-8)7-18-10(3)16-13-6-11(15)4-5-14(13)18/h4-6H,7,15H2,1-3H3. The zero-order chi connectivity index (χ0) is 13.6. The zero-order valence-electron chi connectivity index (χ0n) is 11.3. The average Bonchev–Trinajstić information content (AvgIpc) is 2.83. The van der Waals surface area contributed by atoms with Crippen LogP contribution in [0.3, 0.4) is 0 Å². The molecule has 19 heavy (non-hydrogen) atoms. The Kier molecular flexibility index (Phi) is 2.55. The third-order valence-corrected chi connectivity index (χ3v) is 3.46. The number of hydrogen-bond acceptors (Lipinski definition) is 4. The molecular weight excluding hydrogens is 240 g/mol. The van der Waals surface area contributed by atoms with E-state index in [2.05, 4.69) is 14.7 Å². The van der Waals surface area contributed by atoms with Crippen molar-refractivity contribution in [1.29, 1.82) is 0 Å². The van der Waals surface area contributed by atoms with Crippen LogP contribution in [0.4, 0.5) is 5.69 Å². The first-order valence-corrected chi connectivity index (χ1v) is 6.20. The minimum Gasteiger partial charge on any atom is -0.399 e. The van der Waals surface area contributed by atoms with Crippen molar-refractivity contribution in [2.45, 2.75) is 27.3 Å². The van der Waals surface area contributed by atoms with Gasteiger partial charge in [0.05, 0.1) is 23.3 Å². The third-order valence-electron chi connectivity index (χ3n) is 3.46. The Morgan fingerprint density at radius 3 is 2.74 bits per heavy atom. The van der Waals surface area contributed by atoms with Crippen molar-refractivity contribution in [3.8, 4) is 0 Å². The molecule has 0 fully saturated rings. The van der Waals surface area contributed by atoms with E-state index in [4.69, 9.17) is 10.3 Å². The molecule has 3 rings (SSSR count). The number of fused-ring (bicyclic) bond motifs is 1. The first kappa shape index (κ1) is 11.8. The van der Waals surface area contributed by atoms with E-state index in [0.717, 1.165) is 39.6 Å². The molecule has 0 spiro atoms. The Hall–Kier alpha value is -2.30. The van der Waals surface area contributed by atoms with Crippen molar-refractivity contribution >= 4 is 16.7 Å². The van der Waals surface area contributed by atoms with E-state index in [1.807, 2.05) is 39.0 Å². The Bertz CT molecular complexity index is 735. The molecule has 1 aromatic carbocycles. The molecule has 0 radical (unpaired) electrons. The lowest BCUT2D eigenvalue weighted by molar-refractivity contribution is 0.392. The normalized spacial score (nSPS) is 11.3. The highest BCUT2D eigenvalue weighted by molar-refractivity contribution is 5.79. The molecule has 2 aromatic heterocycles. The van der Waals surface area contributed by atoms with Gasteiger partial charge in [-0.05, 0) is 39.0 Å². The molecule has 0 saturated carbocycles. The van der Waals surface area contributed by atoms with Gasteiger partial charge in [0.15, 0.2) is 0 Å². The summed E-state index contributed by atoms with van der Waals surface area (Å²) in [7, 11) is 0. The van der Waals surface area contributed by atoms with Gasteiger partial charge in [0, 0.05) is 11.3 Å². The van der Waals surface area contributed by atoms with Crippen molar-refractivity contribution in [1.82, 2.24) is 14.7 Å². The van der Waals surface area contributed by atoms with E-state index in [9.17, 15) is 0 Å². The summed E-state index contributed by atoms with van der Waals surface area (Å²) < 4.78 is 7.37. The van der Waals surface area contributed by atoms with Crippen LogP contribution >= 0.6 is 0 Å². The topological polar surface area (TPSA) is 69.9 Å². The number of nitrogens with two attached hydrogens (primary N) is 1. The van der Waals surface area contributed by atoms with E-state index in [1.54, 1.807) is 0 Å². The van der Waals surface area contributed by atoms with Gasteiger partial charge in [-0.25, -0.2) is 4.98 Å². The molecule has 5 nitrogen and oxygen atoms in total. The molecule has 0 unspecified atom stereocenters. The summed E-state index contributed by atoms with van der Waals surface area (Å²) in [6.07, 6.45) is 0. The van der Waals surface area contributed by atoms with E-state index >= 15 is 0 Å². The van der Waals surface area contributed by atoms with Crippen molar-refractivity contribution in [2.24, 2.45) is 0 Å². The van der Waals surface area contributed by atoms with Gasteiger partial charge in [-0.1, -0.05) is 5.16 Å². The molecule has 3 aromatic rings. The molecule has 0 aliphatic rings. The van der Waals surface area contributed by atoms with Gasteiger partial charge in [-0.3, -0.25) is 0 Å². The molecule has 5 heteroatoms. The van der Waals surface area contributed by atoms with E-state index in [0.29, 0.717) is 6.54 Å². The molecule has 0 amide bonds. The number of benzene rings is 1. The van der Waals surface area contributed by atoms with E-state index in [1.165, 1.54) is 0 Å². The lowest BCUT2D eigenvalue weighted by atomic mass is 10.2. The molecule has 2 N–H and O–H groups in total. The van der Waals surface area contributed by atoms with Gasteiger partial charge < -0.3 is 14.8 Å². The monoisotopic (exact) mass is 256 g/mol. The van der Waals surface area contributed by atoms with Crippen molar-refractivity contribution in [2.75, 3.05) is 5.73 Å². The number of imidazole rings is 1. The number of nitrogens with zero attached hydrogens (tertiary/aromatic N) is 3. The summed E-state index contributed by atoms with van der Waals surface area (Å²) in [5, 5.41) is 3.99. The number of nitrogen functional groups attached to an aromatic ring is 1. The Morgan fingerprint density at radius 1 is 1.26 bits per heavy atom. The van der Waals surface area contributed by atoms with Gasteiger partial charge in [-0.2, -0.15) is 0 Å². The minimum atomic E-state index is 0.716. The van der Waals surface area contributed by atoms with Gasteiger partial charge in [0.25, 0.3) is 0 Å². The van der Waals surface area contributed by atoms with Crippen molar-refractivity contribution in [3.63, 3.8) is 0 Å². The van der Waals surface area contributed by atoms with Crippen molar-refractivity contribution in [3.05, 3.63) is 41.0 Å². The Morgan fingerprint density at radius 2 is 2.05 bits per heavy atom.